The molecule has 0 amide bonds. The van der Waals surface area contributed by atoms with Crippen LogP contribution in [0.1, 0.15) is 12.5 Å². The van der Waals surface area contributed by atoms with Crippen molar-refractivity contribution >= 4 is 5.97 Å². The first-order chi connectivity index (χ1) is 6.11. The number of carboxylic acids is 1. The van der Waals surface area contributed by atoms with Crippen LogP contribution in [0.3, 0.4) is 0 Å². The Hall–Kier alpha value is -1.39. The van der Waals surface area contributed by atoms with Crippen LogP contribution in [0.2, 0.25) is 0 Å². The lowest BCUT2D eigenvalue weighted by atomic mass is 9.96. The van der Waals surface area contributed by atoms with E-state index in [0.717, 1.165) is 0 Å². The molecular weight excluding hydrogens is 170 g/mol. The minimum atomic E-state index is -1.47. The first-order valence-electron chi connectivity index (χ1n) is 3.78. The molecule has 4 nitrogen and oxygen atoms in total. The third kappa shape index (κ3) is 1.68. The van der Waals surface area contributed by atoms with E-state index in [1.165, 1.54) is 6.92 Å². The van der Waals surface area contributed by atoms with Gasteiger partial charge in [-0.2, -0.15) is 0 Å². The molecule has 0 spiro atoms. The molecule has 4 heteroatoms. The summed E-state index contributed by atoms with van der Waals surface area (Å²) >= 11 is 0. The molecule has 0 aliphatic rings. The molecule has 0 fully saturated rings. The number of carbonyl (C=O) groups is 1. The number of benzene rings is 1. The molecule has 1 atom stereocenters. The SMILES string of the molecule is CC(ON)(C(=O)O)c1ccccc1. The molecule has 0 aliphatic carbocycles. The van der Waals surface area contributed by atoms with Crippen molar-refractivity contribution in [2.75, 3.05) is 0 Å². The molecule has 13 heavy (non-hydrogen) atoms. The quantitative estimate of drug-likeness (QED) is 0.679. The molecule has 0 radical (unpaired) electrons. The second-order valence-corrected chi connectivity index (χ2v) is 2.82. The summed E-state index contributed by atoms with van der Waals surface area (Å²) in [6.07, 6.45) is 0. The second-order valence-electron chi connectivity index (χ2n) is 2.82. The van der Waals surface area contributed by atoms with Crippen LogP contribution in [0, 0.1) is 0 Å². The van der Waals surface area contributed by atoms with Gasteiger partial charge in [-0.3, -0.25) is 4.84 Å². The normalized spacial score (nSPS) is 14.9. The van der Waals surface area contributed by atoms with Gasteiger partial charge in [0.15, 0.2) is 0 Å². The maximum atomic E-state index is 10.8. The minimum Gasteiger partial charge on any atom is -0.479 e. The average Bonchev–Trinajstić information content (AvgIpc) is 2.17. The average molecular weight is 181 g/mol. The first kappa shape index (κ1) is 9.70. The fourth-order valence-electron chi connectivity index (χ4n) is 0.998. The maximum absolute atomic E-state index is 10.8. The molecule has 1 rings (SSSR count). The van der Waals surface area contributed by atoms with Crippen LogP contribution in [-0.4, -0.2) is 11.1 Å². The van der Waals surface area contributed by atoms with Crippen LogP contribution in [0.25, 0.3) is 0 Å². The van der Waals surface area contributed by atoms with Crippen molar-refractivity contribution in [1.82, 2.24) is 0 Å². The lowest BCUT2D eigenvalue weighted by Gasteiger charge is -2.22. The fourth-order valence-corrected chi connectivity index (χ4v) is 0.998. The van der Waals surface area contributed by atoms with E-state index in [-0.39, 0.29) is 0 Å². The Morgan fingerprint density at radius 3 is 2.38 bits per heavy atom. The molecule has 0 bridgehead atoms. The summed E-state index contributed by atoms with van der Waals surface area (Å²) in [7, 11) is 0. The largest absolute Gasteiger partial charge is 0.479 e. The Morgan fingerprint density at radius 1 is 1.46 bits per heavy atom. The van der Waals surface area contributed by atoms with E-state index in [1.807, 2.05) is 0 Å². The third-order valence-electron chi connectivity index (χ3n) is 1.97. The molecule has 1 aromatic rings. The Labute approximate surface area is 75.9 Å². The molecule has 0 heterocycles. The van der Waals surface area contributed by atoms with E-state index in [2.05, 4.69) is 4.84 Å². The fraction of sp³-hybridized carbons (Fsp3) is 0.222. The monoisotopic (exact) mass is 181 g/mol. The van der Waals surface area contributed by atoms with Gasteiger partial charge in [-0.1, -0.05) is 30.3 Å². The van der Waals surface area contributed by atoms with Crippen LogP contribution in [0.15, 0.2) is 30.3 Å². The zero-order valence-electron chi connectivity index (χ0n) is 7.23. The molecule has 1 unspecified atom stereocenters. The highest BCUT2D eigenvalue weighted by Gasteiger charge is 2.35. The maximum Gasteiger partial charge on any atom is 0.342 e. The molecule has 0 saturated carbocycles. The van der Waals surface area contributed by atoms with Gasteiger partial charge in [0, 0.05) is 0 Å². The lowest BCUT2D eigenvalue weighted by molar-refractivity contribution is -0.165. The molecule has 3 N–H and O–H groups in total. The second kappa shape index (κ2) is 3.55. The van der Waals surface area contributed by atoms with Gasteiger partial charge < -0.3 is 5.11 Å². The Bertz CT molecular complexity index is 299. The van der Waals surface area contributed by atoms with E-state index in [0.29, 0.717) is 5.56 Å². The predicted octanol–water partition coefficient (Wildman–Crippen LogP) is 0.877. The summed E-state index contributed by atoms with van der Waals surface area (Å²) in [5.74, 6) is 3.85. The van der Waals surface area contributed by atoms with E-state index in [9.17, 15) is 4.79 Å². The Morgan fingerprint density at radius 2 is 2.00 bits per heavy atom. The molecule has 0 aliphatic heterocycles. The summed E-state index contributed by atoms with van der Waals surface area (Å²) in [5.41, 5.74) is -0.952. The molecular formula is C9H11NO3. The van der Waals surface area contributed by atoms with Crippen LogP contribution in [0.5, 0.6) is 0 Å². The molecule has 70 valence electrons. The van der Waals surface area contributed by atoms with Gasteiger partial charge in [-0.05, 0) is 12.5 Å². The number of hydrogen-bond donors (Lipinski definition) is 2. The van der Waals surface area contributed by atoms with Gasteiger partial charge in [-0.25, -0.2) is 10.7 Å². The van der Waals surface area contributed by atoms with Gasteiger partial charge in [-0.15, -0.1) is 0 Å². The van der Waals surface area contributed by atoms with Crippen molar-refractivity contribution in [2.45, 2.75) is 12.5 Å². The smallest absolute Gasteiger partial charge is 0.342 e. The van der Waals surface area contributed by atoms with E-state index in [1.54, 1.807) is 30.3 Å². The van der Waals surface area contributed by atoms with Gasteiger partial charge >= 0.3 is 5.97 Å². The molecule has 0 aromatic heterocycles. The van der Waals surface area contributed by atoms with Crippen molar-refractivity contribution in [3.05, 3.63) is 35.9 Å². The number of rotatable bonds is 3. The summed E-state index contributed by atoms with van der Waals surface area (Å²) in [6.45, 7) is 1.41. The van der Waals surface area contributed by atoms with Gasteiger partial charge in [0.25, 0.3) is 0 Å². The van der Waals surface area contributed by atoms with Crippen LogP contribution in [-0.2, 0) is 15.2 Å². The predicted molar refractivity (Wildman–Crippen MR) is 46.7 cm³/mol. The van der Waals surface area contributed by atoms with Crippen molar-refractivity contribution < 1.29 is 14.7 Å². The minimum absolute atomic E-state index is 0.519. The van der Waals surface area contributed by atoms with Crippen LogP contribution in [0.4, 0.5) is 0 Å². The van der Waals surface area contributed by atoms with Crippen LogP contribution >= 0.6 is 0 Å². The highest BCUT2D eigenvalue weighted by Crippen LogP contribution is 2.23. The Kier molecular flexibility index (Phi) is 2.65. The number of carboxylic acid groups (broad SMARTS) is 1. The van der Waals surface area contributed by atoms with Gasteiger partial charge in [0.2, 0.25) is 5.60 Å². The van der Waals surface area contributed by atoms with E-state index in [4.69, 9.17) is 11.0 Å². The first-order valence-corrected chi connectivity index (χ1v) is 3.78. The van der Waals surface area contributed by atoms with Crippen molar-refractivity contribution in [3.63, 3.8) is 0 Å². The zero-order valence-corrected chi connectivity index (χ0v) is 7.23. The number of aliphatic carboxylic acids is 1. The van der Waals surface area contributed by atoms with Crippen molar-refractivity contribution in [2.24, 2.45) is 5.90 Å². The van der Waals surface area contributed by atoms with E-state index < -0.39 is 11.6 Å². The number of hydrogen-bond acceptors (Lipinski definition) is 3. The van der Waals surface area contributed by atoms with Gasteiger partial charge in [0.1, 0.15) is 0 Å². The highest BCUT2D eigenvalue weighted by atomic mass is 16.6. The topological polar surface area (TPSA) is 72.5 Å². The standard InChI is InChI=1S/C9H11NO3/c1-9(13-10,8(11)12)7-5-3-2-4-6-7/h2-6H,10H2,1H3,(H,11,12). The summed E-state index contributed by atoms with van der Waals surface area (Å²) in [4.78, 5) is 15.3. The number of nitrogens with two attached hydrogens (primary N) is 1. The molecule has 0 saturated heterocycles. The summed E-state index contributed by atoms with van der Waals surface area (Å²) in [5, 5.41) is 8.88. The highest BCUT2D eigenvalue weighted by molar-refractivity contribution is 5.78. The van der Waals surface area contributed by atoms with Gasteiger partial charge in [0.05, 0.1) is 0 Å². The summed E-state index contributed by atoms with van der Waals surface area (Å²) < 4.78 is 0. The lowest BCUT2D eigenvalue weighted by Crippen LogP contribution is -2.37. The Balaban J connectivity index is 3.11. The summed E-state index contributed by atoms with van der Waals surface area (Å²) in [6, 6.07) is 8.56. The molecule has 1 aromatic carbocycles. The zero-order chi connectivity index (χ0) is 9.90. The van der Waals surface area contributed by atoms with E-state index >= 15 is 0 Å². The third-order valence-corrected chi connectivity index (χ3v) is 1.97. The van der Waals surface area contributed by atoms with Crippen molar-refractivity contribution in [1.29, 1.82) is 0 Å². The van der Waals surface area contributed by atoms with Crippen LogP contribution < -0.4 is 5.90 Å². The van der Waals surface area contributed by atoms with Crippen molar-refractivity contribution in [3.8, 4) is 0 Å².